The van der Waals surface area contributed by atoms with E-state index in [9.17, 15) is 4.39 Å². The molecule has 0 atom stereocenters. The Hall–Kier alpha value is -3.31. The third-order valence-electron chi connectivity index (χ3n) is 6.66. The molecule has 0 bridgehead atoms. The monoisotopic (exact) mass is 431 g/mol. The van der Waals surface area contributed by atoms with E-state index in [-0.39, 0.29) is 11.6 Å². The predicted octanol–water partition coefficient (Wildman–Crippen LogP) is 3.49. The van der Waals surface area contributed by atoms with Crippen molar-refractivity contribution in [1.82, 2.24) is 19.9 Å². The van der Waals surface area contributed by atoms with Crippen LogP contribution in [-0.4, -0.2) is 39.0 Å². The lowest BCUT2D eigenvalue weighted by Gasteiger charge is -2.32. The molecule has 3 aromatic rings. The van der Waals surface area contributed by atoms with Crippen LogP contribution in [0.15, 0.2) is 18.2 Å². The molecule has 1 aliphatic heterocycles. The van der Waals surface area contributed by atoms with Gasteiger partial charge in [0.25, 0.3) is 0 Å². The molecule has 0 spiro atoms. The van der Waals surface area contributed by atoms with Crippen LogP contribution in [0.25, 0.3) is 11.0 Å². The number of rotatable bonds is 4. The van der Waals surface area contributed by atoms with Gasteiger partial charge in [0.05, 0.1) is 10.9 Å². The van der Waals surface area contributed by atoms with E-state index in [1.165, 1.54) is 17.2 Å². The van der Waals surface area contributed by atoms with E-state index < -0.39 is 5.82 Å². The molecule has 2 aliphatic rings. The molecule has 0 radical (unpaired) electrons. The van der Waals surface area contributed by atoms with Gasteiger partial charge < -0.3 is 11.1 Å². The Morgan fingerprint density at radius 3 is 2.78 bits per heavy atom. The smallest absolute Gasteiger partial charge is 0.226 e. The summed E-state index contributed by atoms with van der Waals surface area (Å²) in [4.78, 5) is 16.3. The number of nitrogens with two attached hydrogens (primary N) is 1. The number of nitriles is 1. The van der Waals surface area contributed by atoms with Gasteiger partial charge in [0.2, 0.25) is 5.95 Å². The van der Waals surface area contributed by atoms with Crippen LogP contribution < -0.4 is 11.1 Å². The number of nitrogens with zero attached hydrogens (tertiary/aromatic N) is 5. The van der Waals surface area contributed by atoms with Gasteiger partial charge in [0, 0.05) is 31.4 Å². The number of hydrogen-bond donors (Lipinski definition) is 2. The predicted molar refractivity (Wildman–Crippen MR) is 122 cm³/mol. The van der Waals surface area contributed by atoms with Crippen molar-refractivity contribution in [3.8, 4) is 6.07 Å². The summed E-state index contributed by atoms with van der Waals surface area (Å²) in [5.74, 6) is 0.562. The van der Waals surface area contributed by atoms with Crippen molar-refractivity contribution < 1.29 is 4.39 Å². The number of anilines is 2. The number of aryl methyl sites for hydroxylation is 2. The largest absolute Gasteiger partial charge is 0.383 e. The van der Waals surface area contributed by atoms with Crippen molar-refractivity contribution in [2.24, 2.45) is 0 Å². The fourth-order valence-electron chi connectivity index (χ4n) is 4.93. The zero-order valence-corrected chi connectivity index (χ0v) is 18.2. The number of nitrogens with one attached hydrogen (secondary N) is 1. The molecule has 7 nitrogen and oxygen atoms in total. The highest BCUT2D eigenvalue weighted by molar-refractivity contribution is 5.90. The summed E-state index contributed by atoms with van der Waals surface area (Å²) < 4.78 is 13.9. The molecule has 2 aromatic heterocycles. The number of likely N-dealkylation sites (tertiary alicyclic amines) is 1. The molecule has 1 fully saturated rings. The van der Waals surface area contributed by atoms with Crippen LogP contribution in [0.3, 0.4) is 0 Å². The molecule has 0 saturated carbocycles. The fourth-order valence-corrected chi connectivity index (χ4v) is 4.93. The first-order chi connectivity index (χ1) is 15.5. The van der Waals surface area contributed by atoms with Gasteiger partial charge in [-0.2, -0.15) is 15.2 Å². The molecule has 5 rings (SSSR count). The number of piperidine rings is 1. The molecule has 8 heteroatoms. The summed E-state index contributed by atoms with van der Waals surface area (Å²) in [6.45, 7) is 4.53. The van der Waals surface area contributed by atoms with Gasteiger partial charge >= 0.3 is 0 Å². The molecule has 1 aromatic carbocycles. The second-order valence-corrected chi connectivity index (χ2v) is 8.77. The minimum absolute atomic E-state index is 0.0842. The van der Waals surface area contributed by atoms with Crippen molar-refractivity contribution in [3.63, 3.8) is 0 Å². The highest BCUT2D eigenvalue weighted by atomic mass is 19.1. The highest BCUT2D eigenvalue weighted by Crippen LogP contribution is 2.31. The quantitative estimate of drug-likeness (QED) is 0.652. The second-order valence-electron chi connectivity index (χ2n) is 8.77. The average Bonchev–Trinajstić information content (AvgIpc) is 3.24. The van der Waals surface area contributed by atoms with E-state index in [2.05, 4.69) is 27.1 Å². The first-order valence-corrected chi connectivity index (χ1v) is 11.1. The zero-order chi connectivity index (χ0) is 22.2. The second kappa shape index (κ2) is 8.32. The van der Waals surface area contributed by atoms with Crippen molar-refractivity contribution in [2.75, 3.05) is 24.1 Å². The van der Waals surface area contributed by atoms with E-state index in [0.29, 0.717) is 24.0 Å². The Morgan fingerprint density at radius 2 is 2.03 bits per heavy atom. The van der Waals surface area contributed by atoms with Crippen LogP contribution in [0, 0.1) is 24.1 Å². The highest BCUT2D eigenvalue weighted by Gasteiger charge is 2.23. The molecule has 3 N–H and O–H groups in total. The molecule has 0 unspecified atom stereocenters. The average molecular weight is 432 g/mol. The third-order valence-corrected chi connectivity index (χ3v) is 6.66. The lowest BCUT2D eigenvalue weighted by molar-refractivity contribution is 0.211. The Morgan fingerprint density at radius 1 is 1.22 bits per heavy atom. The topological polar surface area (TPSA) is 104 Å². The normalized spacial score (nSPS) is 16.8. The summed E-state index contributed by atoms with van der Waals surface area (Å²) in [6.07, 6.45) is 5.04. The maximum Gasteiger partial charge on any atom is 0.226 e. The number of pyridine rings is 1. The standard InChI is InChI=1S/C24H26FN7/c1-14-18-3-2-4-20(18)29-23-21(14)22(27)30-24(31-23)28-17-7-9-32(10-8-17)13-15-5-6-16(12-26)19(25)11-15/h5-6,11,17H,2-4,7-10,13H2,1H3,(H3,27,28,29,30,31). The van der Waals surface area contributed by atoms with Gasteiger partial charge in [-0.05, 0) is 67.9 Å². The van der Waals surface area contributed by atoms with E-state index >= 15 is 0 Å². The Labute approximate surface area is 186 Å². The number of hydrogen-bond acceptors (Lipinski definition) is 7. The van der Waals surface area contributed by atoms with Crippen LogP contribution in [0.2, 0.25) is 0 Å². The van der Waals surface area contributed by atoms with E-state index in [0.717, 1.165) is 61.8 Å². The Balaban J connectivity index is 1.25. The van der Waals surface area contributed by atoms with E-state index in [4.69, 9.17) is 16.0 Å². The lowest BCUT2D eigenvalue weighted by atomic mass is 10.0. The van der Waals surface area contributed by atoms with Gasteiger partial charge in [0.1, 0.15) is 17.7 Å². The molecule has 0 amide bonds. The van der Waals surface area contributed by atoms with Crippen molar-refractivity contribution in [3.05, 3.63) is 52.0 Å². The van der Waals surface area contributed by atoms with E-state index in [1.807, 2.05) is 12.1 Å². The van der Waals surface area contributed by atoms with Gasteiger partial charge in [-0.15, -0.1) is 0 Å². The molecule has 1 aliphatic carbocycles. The summed E-state index contributed by atoms with van der Waals surface area (Å²) >= 11 is 0. The first-order valence-electron chi connectivity index (χ1n) is 11.1. The van der Waals surface area contributed by atoms with Crippen molar-refractivity contribution in [1.29, 1.82) is 5.26 Å². The van der Waals surface area contributed by atoms with Crippen LogP contribution in [-0.2, 0) is 19.4 Å². The minimum Gasteiger partial charge on any atom is -0.383 e. The Kier molecular flexibility index (Phi) is 5.35. The molecule has 164 valence electrons. The lowest BCUT2D eigenvalue weighted by Crippen LogP contribution is -2.39. The molecular formula is C24H26FN7. The maximum absolute atomic E-state index is 13.9. The van der Waals surface area contributed by atoms with Gasteiger partial charge in [-0.3, -0.25) is 4.90 Å². The van der Waals surface area contributed by atoms with Gasteiger partial charge in [-0.25, -0.2) is 9.37 Å². The number of halogens is 1. The summed E-state index contributed by atoms with van der Waals surface area (Å²) in [5.41, 5.74) is 11.6. The molecule has 32 heavy (non-hydrogen) atoms. The maximum atomic E-state index is 13.9. The third kappa shape index (κ3) is 3.84. The summed E-state index contributed by atoms with van der Waals surface area (Å²) in [7, 11) is 0. The molecular weight excluding hydrogens is 405 g/mol. The van der Waals surface area contributed by atoms with Gasteiger partial charge in [-0.1, -0.05) is 6.07 Å². The number of fused-ring (bicyclic) bond motifs is 2. The zero-order valence-electron chi connectivity index (χ0n) is 18.2. The fraction of sp³-hybridized carbons (Fsp3) is 0.417. The van der Waals surface area contributed by atoms with Crippen molar-refractivity contribution in [2.45, 2.75) is 51.6 Å². The number of nitrogen functional groups attached to an aromatic ring is 1. The van der Waals surface area contributed by atoms with Crippen molar-refractivity contribution >= 4 is 22.8 Å². The molecule has 3 heterocycles. The van der Waals surface area contributed by atoms with Crippen LogP contribution in [0.5, 0.6) is 0 Å². The summed E-state index contributed by atoms with van der Waals surface area (Å²) in [6, 6.07) is 6.94. The van der Waals surface area contributed by atoms with Gasteiger partial charge in [0.15, 0.2) is 5.65 Å². The number of benzene rings is 1. The van der Waals surface area contributed by atoms with Crippen LogP contribution >= 0.6 is 0 Å². The SMILES string of the molecule is Cc1c2c(nc3nc(NC4CCN(Cc5ccc(C#N)c(F)c5)CC4)nc(N)c13)CCC2. The van der Waals surface area contributed by atoms with Crippen LogP contribution in [0.4, 0.5) is 16.2 Å². The first kappa shape index (κ1) is 20.6. The summed E-state index contributed by atoms with van der Waals surface area (Å²) in [5, 5.41) is 13.2. The molecule has 1 saturated heterocycles. The Bertz CT molecular complexity index is 1230. The van der Waals surface area contributed by atoms with E-state index in [1.54, 1.807) is 6.07 Å². The van der Waals surface area contributed by atoms with Crippen LogP contribution in [0.1, 0.15) is 47.2 Å². The minimum atomic E-state index is -0.456. The number of aromatic nitrogens is 3.